The van der Waals surface area contributed by atoms with Gasteiger partial charge < -0.3 is 20.1 Å². The summed E-state index contributed by atoms with van der Waals surface area (Å²) in [5.41, 5.74) is 1.32. The normalized spacial score (nSPS) is 28.5. The molecule has 0 amide bonds. The van der Waals surface area contributed by atoms with Crippen LogP contribution in [-0.2, 0) is 17.8 Å². The maximum Gasteiger partial charge on any atom is 0.363 e. The van der Waals surface area contributed by atoms with E-state index >= 15 is 0 Å². The van der Waals surface area contributed by atoms with Crippen LogP contribution in [-0.4, -0.2) is 33.9 Å². The average Bonchev–Trinajstić information content (AvgIpc) is 2.17. The zero-order chi connectivity index (χ0) is 11.9. The Morgan fingerprint density at radius 1 is 1.56 bits per heavy atom. The van der Waals surface area contributed by atoms with E-state index in [0.717, 1.165) is 5.56 Å². The molecule has 0 aromatic heterocycles. The minimum atomic E-state index is -1.09. The summed E-state index contributed by atoms with van der Waals surface area (Å²) in [5.74, 6) is -1.02. The standard InChI is InChI=1S/C11H13NO4/c1-12(16)6-8-7(3-2-4-10(8)13)5-9(12)11(14)15/h2-4,9,13H,5-6H2,1H3,(H,14,15). The van der Waals surface area contributed by atoms with Crippen LogP contribution in [0.25, 0.3) is 0 Å². The van der Waals surface area contributed by atoms with Crippen molar-refractivity contribution in [1.82, 2.24) is 0 Å². The number of quaternary nitrogens is 1. The molecule has 1 aromatic carbocycles. The van der Waals surface area contributed by atoms with Gasteiger partial charge in [-0.1, -0.05) is 12.1 Å². The summed E-state index contributed by atoms with van der Waals surface area (Å²) in [5, 5.41) is 30.7. The van der Waals surface area contributed by atoms with Crippen LogP contribution in [0.15, 0.2) is 18.2 Å². The quantitative estimate of drug-likeness (QED) is 0.546. The molecule has 2 N–H and O–H groups in total. The molecule has 1 heterocycles. The summed E-state index contributed by atoms with van der Waals surface area (Å²) in [6.07, 6.45) is 0.166. The van der Waals surface area contributed by atoms with Crippen LogP contribution in [0, 0.1) is 5.21 Å². The Labute approximate surface area is 92.7 Å². The van der Waals surface area contributed by atoms with Crippen molar-refractivity contribution >= 4 is 5.97 Å². The molecule has 2 unspecified atom stereocenters. The van der Waals surface area contributed by atoms with E-state index in [-0.39, 0.29) is 18.7 Å². The number of hydrogen-bond acceptors (Lipinski definition) is 3. The number of likely N-dealkylation sites (N-methyl/N-ethyl adjacent to an activating group) is 1. The number of carbonyl (C=O) groups is 1. The highest BCUT2D eigenvalue weighted by atomic mass is 16.6. The summed E-state index contributed by atoms with van der Waals surface area (Å²) >= 11 is 0. The lowest BCUT2D eigenvalue weighted by Gasteiger charge is -2.46. The molecule has 0 saturated carbocycles. The minimum Gasteiger partial charge on any atom is -0.632 e. The zero-order valence-electron chi connectivity index (χ0n) is 8.88. The summed E-state index contributed by atoms with van der Waals surface area (Å²) in [4.78, 5) is 11.0. The maximum atomic E-state index is 12.1. The predicted octanol–water partition coefficient (Wildman–Crippen LogP) is 0.846. The largest absolute Gasteiger partial charge is 0.632 e. The third-order valence-corrected chi connectivity index (χ3v) is 3.08. The molecule has 0 aliphatic carbocycles. The zero-order valence-corrected chi connectivity index (χ0v) is 8.88. The summed E-state index contributed by atoms with van der Waals surface area (Å²) < 4.78 is -0.875. The Kier molecular flexibility index (Phi) is 2.36. The molecule has 2 rings (SSSR count). The van der Waals surface area contributed by atoms with Crippen LogP contribution < -0.4 is 0 Å². The molecule has 1 aliphatic heterocycles. The van der Waals surface area contributed by atoms with Gasteiger partial charge >= 0.3 is 5.97 Å². The number of phenols is 1. The molecule has 0 saturated heterocycles. The molecule has 5 heteroatoms. The van der Waals surface area contributed by atoms with Crippen molar-refractivity contribution in [2.24, 2.45) is 0 Å². The third-order valence-electron chi connectivity index (χ3n) is 3.08. The number of phenolic OH excluding ortho intramolecular Hbond substituents is 1. The fraction of sp³-hybridized carbons (Fsp3) is 0.364. The van der Waals surface area contributed by atoms with E-state index in [4.69, 9.17) is 5.11 Å². The smallest absolute Gasteiger partial charge is 0.363 e. The van der Waals surface area contributed by atoms with E-state index in [0.29, 0.717) is 5.56 Å². The first kappa shape index (κ1) is 10.9. The molecule has 0 bridgehead atoms. The van der Waals surface area contributed by atoms with Crippen LogP contribution in [0.5, 0.6) is 5.75 Å². The van der Waals surface area contributed by atoms with Gasteiger partial charge in [-0.2, -0.15) is 0 Å². The summed E-state index contributed by atoms with van der Waals surface area (Å²) in [7, 11) is 1.33. The minimum absolute atomic E-state index is 0.00102. The van der Waals surface area contributed by atoms with E-state index in [2.05, 4.69) is 0 Å². The Hall–Kier alpha value is -1.59. The number of hydroxylamine groups is 3. The molecule has 1 aliphatic rings. The monoisotopic (exact) mass is 223 g/mol. The second-order valence-corrected chi connectivity index (χ2v) is 4.31. The molecule has 86 valence electrons. The van der Waals surface area contributed by atoms with Gasteiger partial charge in [0.15, 0.2) is 6.04 Å². The van der Waals surface area contributed by atoms with Crippen molar-refractivity contribution in [3.63, 3.8) is 0 Å². The highest BCUT2D eigenvalue weighted by Crippen LogP contribution is 2.32. The molecule has 1 aromatic rings. The fourth-order valence-corrected chi connectivity index (χ4v) is 2.14. The van der Waals surface area contributed by atoms with Gasteiger partial charge in [0.1, 0.15) is 12.3 Å². The number of aromatic hydroxyl groups is 1. The Bertz CT molecular complexity index is 442. The maximum absolute atomic E-state index is 12.1. The first-order chi connectivity index (χ1) is 7.42. The van der Waals surface area contributed by atoms with Gasteiger partial charge in [-0.25, -0.2) is 4.79 Å². The van der Waals surface area contributed by atoms with Crippen LogP contribution in [0.2, 0.25) is 0 Å². The Morgan fingerprint density at radius 3 is 2.88 bits per heavy atom. The number of hydrogen-bond donors (Lipinski definition) is 2. The number of fused-ring (bicyclic) bond motifs is 1. The highest BCUT2D eigenvalue weighted by molar-refractivity contribution is 5.73. The van der Waals surface area contributed by atoms with Crippen LogP contribution >= 0.6 is 0 Å². The fourth-order valence-electron chi connectivity index (χ4n) is 2.14. The molecule has 0 fully saturated rings. The van der Waals surface area contributed by atoms with Crippen molar-refractivity contribution in [3.8, 4) is 5.75 Å². The van der Waals surface area contributed by atoms with Gasteiger partial charge in [-0.3, -0.25) is 0 Å². The van der Waals surface area contributed by atoms with Crippen molar-refractivity contribution in [2.75, 3.05) is 7.05 Å². The lowest BCUT2D eigenvalue weighted by molar-refractivity contribution is -0.893. The number of carboxylic acids is 1. The summed E-state index contributed by atoms with van der Waals surface area (Å²) in [6, 6.07) is 3.94. The third kappa shape index (κ3) is 1.64. The number of carboxylic acid groups (broad SMARTS) is 1. The second kappa shape index (κ2) is 3.47. The molecular weight excluding hydrogens is 210 g/mol. The topological polar surface area (TPSA) is 80.6 Å². The first-order valence-corrected chi connectivity index (χ1v) is 5.00. The highest BCUT2D eigenvalue weighted by Gasteiger charge is 2.38. The van der Waals surface area contributed by atoms with E-state index in [1.165, 1.54) is 13.1 Å². The molecule has 2 atom stereocenters. The number of nitrogens with zero attached hydrogens (tertiary/aromatic N) is 1. The molecule has 5 nitrogen and oxygen atoms in total. The second-order valence-electron chi connectivity index (χ2n) is 4.31. The first-order valence-electron chi connectivity index (χ1n) is 5.00. The molecule has 0 radical (unpaired) electrons. The van der Waals surface area contributed by atoms with Crippen LogP contribution in [0.1, 0.15) is 11.1 Å². The van der Waals surface area contributed by atoms with Crippen molar-refractivity contribution in [3.05, 3.63) is 34.5 Å². The van der Waals surface area contributed by atoms with E-state index < -0.39 is 16.7 Å². The summed E-state index contributed by atoms with van der Waals surface area (Å²) in [6.45, 7) is -0.00102. The van der Waals surface area contributed by atoms with Gasteiger partial charge in [-0.15, -0.1) is 0 Å². The van der Waals surface area contributed by atoms with Gasteiger partial charge in [0.25, 0.3) is 0 Å². The van der Waals surface area contributed by atoms with Crippen LogP contribution in [0.3, 0.4) is 0 Å². The van der Waals surface area contributed by atoms with E-state index in [1.54, 1.807) is 12.1 Å². The van der Waals surface area contributed by atoms with Gasteiger partial charge in [0, 0.05) is 6.42 Å². The van der Waals surface area contributed by atoms with Crippen LogP contribution in [0.4, 0.5) is 0 Å². The molecule has 0 spiro atoms. The molecular formula is C11H13NO4. The Morgan fingerprint density at radius 2 is 2.25 bits per heavy atom. The van der Waals surface area contributed by atoms with Crippen molar-refractivity contribution < 1.29 is 19.7 Å². The number of benzene rings is 1. The SMILES string of the molecule is C[N+]1([O-])Cc2c(O)cccc2CC1C(=O)O. The van der Waals surface area contributed by atoms with Crippen molar-refractivity contribution in [2.45, 2.75) is 19.0 Å². The Balaban J connectivity index is 2.46. The lowest BCUT2D eigenvalue weighted by Crippen LogP contribution is -2.54. The van der Waals surface area contributed by atoms with Crippen molar-refractivity contribution in [1.29, 1.82) is 0 Å². The predicted molar refractivity (Wildman–Crippen MR) is 56.5 cm³/mol. The van der Waals surface area contributed by atoms with E-state index in [1.807, 2.05) is 0 Å². The van der Waals surface area contributed by atoms with Gasteiger partial charge in [0.2, 0.25) is 0 Å². The van der Waals surface area contributed by atoms with Gasteiger partial charge in [-0.05, 0) is 11.6 Å². The number of aliphatic carboxylic acids is 1. The average molecular weight is 223 g/mol. The van der Waals surface area contributed by atoms with E-state index in [9.17, 15) is 15.1 Å². The molecule has 16 heavy (non-hydrogen) atoms. The lowest BCUT2D eigenvalue weighted by atomic mass is 9.93. The van der Waals surface area contributed by atoms with Gasteiger partial charge in [0.05, 0.1) is 12.6 Å². The number of rotatable bonds is 1.